The third kappa shape index (κ3) is 9.68. The highest BCUT2D eigenvalue weighted by Crippen LogP contribution is 2.47. The number of aliphatic hydroxyl groups is 1. The molecule has 0 saturated carbocycles. The zero-order valence-corrected chi connectivity index (χ0v) is 32.0. The summed E-state index contributed by atoms with van der Waals surface area (Å²) >= 11 is 0. The van der Waals surface area contributed by atoms with E-state index in [0.29, 0.717) is 11.6 Å². The summed E-state index contributed by atoms with van der Waals surface area (Å²) in [7, 11) is -4.21. The highest BCUT2D eigenvalue weighted by molar-refractivity contribution is 7.91. The minimum atomic E-state index is -4.86. The number of aryl methyl sites for hydroxylation is 1. The van der Waals surface area contributed by atoms with E-state index < -0.39 is 56.2 Å². The Morgan fingerprint density at radius 3 is 1.93 bits per heavy atom. The van der Waals surface area contributed by atoms with Gasteiger partial charge in [-0.2, -0.15) is 18.4 Å². The standard InChI is InChI=1S/C24H28O2.C18H14F4N2O4S/c1-15-13-20-21(24(5,6)12-11-23(20,3)4)14-19(15)16(2)17-7-9-18(10-8-17)22(25)26;1-17(26,10-29(27,28)14-6-3-12(19)4-7-14)16(25)24-13-5-2-11(9-23)15(8-13)18(20,21)22/h7-10,13-14H,2,11-12H2,1,3-6H3,(H,25,26);2-8,26H,10H2,1H3,(H,24,25)/t;17-/m.0/s1. The molecule has 0 radical (unpaired) electrons. The number of aromatic carboxylic acids is 1. The van der Waals surface area contributed by atoms with Gasteiger partial charge in [0.25, 0.3) is 5.91 Å². The molecule has 0 saturated heterocycles. The normalized spacial score (nSPS) is 15.6. The predicted octanol–water partition coefficient (Wildman–Crippen LogP) is 8.98. The number of nitriles is 1. The number of anilines is 1. The number of rotatable bonds is 8. The van der Waals surface area contributed by atoms with Crippen molar-refractivity contribution in [2.24, 2.45) is 0 Å². The average molecular weight is 779 g/mol. The molecule has 1 aliphatic rings. The summed E-state index contributed by atoms with van der Waals surface area (Å²) in [5.41, 5.74) is 2.93. The zero-order valence-electron chi connectivity index (χ0n) is 31.2. The van der Waals surface area contributed by atoms with Crippen molar-refractivity contribution in [2.45, 2.75) is 81.9 Å². The van der Waals surface area contributed by atoms with Gasteiger partial charge in [-0.05, 0) is 126 Å². The van der Waals surface area contributed by atoms with Gasteiger partial charge in [0.05, 0.1) is 33.4 Å². The van der Waals surface area contributed by atoms with E-state index in [1.807, 2.05) is 17.4 Å². The zero-order chi connectivity index (χ0) is 41.3. The maximum absolute atomic E-state index is 13.0. The number of amides is 1. The molecule has 55 heavy (non-hydrogen) atoms. The van der Waals surface area contributed by atoms with E-state index in [0.717, 1.165) is 60.0 Å². The fraction of sp³-hybridized carbons (Fsp3) is 0.310. The Balaban J connectivity index is 0.000000246. The molecule has 1 atom stereocenters. The van der Waals surface area contributed by atoms with Crippen molar-refractivity contribution in [2.75, 3.05) is 11.1 Å². The molecule has 8 nitrogen and oxygen atoms in total. The Morgan fingerprint density at radius 1 is 0.891 bits per heavy atom. The molecule has 4 aromatic rings. The molecule has 0 unspecified atom stereocenters. The Labute approximate surface area is 318 Å². The number of carbonyl (C=O) groups is 2. The third-order valence-corrected chi connectivity index (χ3v) is 11.8. The van der Waals surface area contributed by atoms with Crippen molar-refractivity contribution in [3.05, 3.63) is 136 Å². The van der Waals surface area contributed by atoms with Crippen molar-refractivity contribution in [1.29, 1.82) is 5.26 Å². The molecule has 4 aromatic carbocycles. The number of halogens is 4. The van der Waals surface area contributed by atoms with Crippen LogP contribution in [0.1, 0.15) is 96.8 Å². The summed E-state index contributed by atoms with van der Waals surface area (Å²) in [6.45, 7) is 16.6. The van der Waals surface area contributed by atoms with Crippen LogP contribution in [0.25, 0.3) is 5.57 Å². The molecular weight excluding hydrogens is 737 g/mol. The first-order valence-corrected chi connectivity index (χ1v) is 18.8. The quantitative estimate of drug-likeness (QED) is 0.120. The molecule has 0 bridgehead atoms. The van der Waals surface area contributed by atoms with Crippen LogP contribution in [0.2, 0.25) is 0 Å². The van der Waals surface area contributed by atoms with Gasteiger partial charge in [0, 0.05) is 5.69 Å². The first-order chi connectivity index (χ1) is 25.3. The van der Waals surface area contributed by atoms with Gasteiger partial charge in [0.15, 0.2) is 15.4 Å². The lowest BCUT2D eigenvalue weighted by Crippen LogP contribution is -2.45. The summed E-state index contributed by atoms with van der Waals surface area (Å²) in [5, 5.41) is 30.2. The fourth-order valence-electron chi connectivity index (χ4n) is 6.40. The van der Waals surface area contributed by atoms with Gasteiger partial charge < -0.3 is 15.5 Å². The van der Waals surface area contributed by atoms with Crippen molar-refractivity contribution in [1.82, 2.24) is 0 Å². The van der Waals surface area contributed by atoms with Crippen LogP contribution in [0.15, 0.2) is 90.3 Å². The topological polar surface area (TPSA) is 145 Å². The Hall–Kier alpha value is -5.32. The van der Waals surface area contributed by atoms with Gasteiger partial charge in [-0.15, -0.1) is 0 Å². The summed E-state index contributed by atoms with van der Waals surface area (Å²) in [4.78, 5) is 23.0. The molecule has 0 aromatic heterocycles. The highest BCUT2D eigenvalue weighted by atomic mass is 32.2. The van der Waals surface area contributed by atoms with Crippen LogP contribution in [-0.2, 0) is 31.6 Å². The molecule has 0 spiro atoms. The summed E-state index contributed by atoms with van der Waals surface area (Å²) in [6, 6.07) is 19.0. The number of nitrogens with one attached hydrogen (secondary N) is 1. The molecule has 0 heterocycles. The molecule has 1 aliphatic carbocycles. The van der Waals surface area contributed by atoms with Crippen LogP contribution in [0.5, 0.6) is 0 Å². The first-order valence-electron chi connectivity index (χ1n) is 17.1. The van der Waals surface area contributed by atoms with E-state index in [4.69, 9.17) is 10.4 Å². The maximum Gasteiger partial charge on any atom is 0.417 e. The van der Waals surface area contributed by atoms with E-state index in [9.17, 15) is 40.7 Å². The number of sulfone groups is 1. The molecule has 290 valence electrons. The summed E-state index contributed by atoms with van der Waals surface area (Å²) in [5.74, 6) is -3.97. The third-order valence-electron chi connectivity index (χ3n) is 9.84. The lowest BCUT2D eigenvalue weighted by atomic mass is 9.62. The van der Waals surface area contributed by atoms with E-state index in [1.54, 1.807) is 12.1 Å². The number of benzene rings is 4. The first kappa shape index (κ1) is 42.4. The lowest BCUT2D eigenvalue weighted by molar-refractivity contribution is -0.137. The van der Waals surface area contributed by atoms with Gasteiger partial charge in [0.2, 0.25) is 0 Å². The van der Waals surface area contributed by atoms with Gasteiger partial charge >= 0.3 is 12.1 Å². The summed E-state index contributed by atoms with van der Waals surface area (Å²) in [6.07, 6.45) is -2.49. The number of carboxylic acid groups (broad SMARTS) is 1. The largest absolute Gasteiger partial charge is 0.478 e. The molecule has 0 fully saturated rings. The highest BCUT2D eigenvalue weighted by Gasteiger charge is 2.39. The number of carbonyl (C=O) groups excluding carboxylic acids is 1. The maximum atomic E-state index is 13.0. The van der Waals surface area contributed by atoms with Crippen LogP contribution in [-0.4, -0.2) is 41.9 Å². The predicted molar refractivity (Wildman–Crippen MR) is 202 cm³/mol. The van der Waals surface area contributed by atoms with E-state index >= 15 is 0 Å². The van der Waals surface area contributed by atoms with Gasteiger partial charge in [-0.25, -0.2) is 17.6 Å². The van der Waals surface area contributed by atoms with Crippen molar-refractivity contribution >= 4 is 33.0 Å². The Bertz CT molecular complexity index is 2290. The molecule has 1 amide bonds. The number of hydrogen-bond donors (Lipinski definition) is 3. The number of nitrogens with zero attached hydrogens (tertiary/aromatic N) is 1. The SMILES string of the molecule is C=C(c1ccc(C(=O)O)cc1)c1cc2c(cc1C)C(C)(C)CCC2(C)C.C[C@](O)(CS(=O)(=O)c1ccc(F)cc1)C(=O)Nc1ccc(C#N)c(C(F)(F)F)c1. The second kappa shape index (κ2) is 15.4. The van der Waals surface area contributed by atoms with E-state index in [1.165, 1.54) is 35.6 Å². The van der Waals surface area contributed by atoms with Crippen LogP contribution in [0.3, 0.4) is 0 Å². The Kier molecular flexibility index (Phi) is 11.9. The lowest BCUT2D eigenvalue weighted by Gasteiger charge is -2.42. The van der Waals surface area contributed by atoms with Crippen LogP contribution in [0, 0.1) is 24.1 Å². The van der Waals surface area contributed by atoms with E-state index in [2.05, 4.69) is 53.3 Å². The van der Waals surface area contributed by atoms with Crippen molar-refractivity contribution in [3.63, 3.8) is 0 Å². The van der Waals surface area contributed by atoms with Gasteiger partial charge in [-0.1, -0.05) is 58.5 Å². The van der Waals surface area contributed by atoms with Gasteiger partial charge in [-0.3, -0.25) is 4.79 Å². The second-order valence-electron chi connectivity index (χ2n) is 15.2. The number of hydrogen-bond acceptors (Lipinski definition) is 6. The molecule has 13 heteroatoms. The number of carboxylic acids is 1. The molecule has 5 rings (SSSR count). The molecular formula is C42H42F4N2O6S. The van der Waals surface area contributed by atoms with Crippen LogP contribution >= 0.6 is 0 Å². The summed E-state index contributed by atoms with van der Waals surface area (Å²) < 4.78 is 76.6. The van der Waals surface area contributed by atoms with E-state index in [-0.39, 0.29) is 21.4 Å². The molecule has 0 aliphatic heterocycles. The van der Waals surface area contributed by atoms with Crippen molar-refractivity contribution < 1.29 is 45.8 Å². The van der Waals surface area contributed by atoms with Gasteiger partial charge in [0.1, 0.15) is 5.82 Å². The fourth-order valence-corrected chi connectivity index (χ4v) is 7.99. The monoisotopic (exact) mass is 778 g/mol. The Morgan fingerprint density at radius 2 is 1.42 bits per heavy atom. The minimum Gasteiger partial charge on any atom is -0.478 e. The number of alkyl halides is 3. The smallest absolute Gasteiger partial charge is 0.417 e. The number of fused-ring (bicyclic) bond motifs is 1. The van der Waals surface area contributed by atoms with Crippen LogP contribution in [0.4, 0.5) is 23.2 Å². The minimum absolute atomic E-state index is 0.154. The van der Waals surface area contributed by atoms with Crippen LogP contribution < -0.4 is 5.32 Å². The van der Waals surface area contributed by atoms with Crippen molar-refractivity contribution in [3.8, 4) is 6.07 Å². The molecule has 3 N–H and O–H groups in total. The average Bonchev–Trinajstić information content (AvgIpc) is 3.09. The second-order valence-corrected chi connectivity index (χ2v) is 17.1.